The lowest BCUT2D eigenvalue weighted by Crippen LogP contribution is -2.43. The highest BCUT2D eigenvalue weighted by Gasteiger charge is 2.45. The molecule has 0 aromatic heterocycles. The zero-order chi connectivity index (χ0) is 22.5. The third-order valence-electron chi connectivity index (χ3n) is 5.13. The van der Waals surface area contributed by atoms with Crippen molar-refractivity contribution in [3.8, 4) is 5.75 Å². The van der Waals surface area contributed by atoms with Gasteiger partial charge >= 0.3 is 15.5 Å². The minimum absolute atomic E-state index is 0.0993. The molecule has 1 saturated heterocycles. The second kappa shape index (κ2) is 10.2. The van der Waals surface area contributed by atoms with E-state index in [4.69, 9.17) is 22.1 Å². The van der Waals surface area contributed by atoms with Gasteiger partial charge in [0.2, 0.25) is 0 Å². The summed E-state index contributed by atoms with van der Waals surface area (Å²) < 4.78 is 65.6. The van der Waals surface area contributed by atoms with Crippen LogP contribution in [0, 0.1) is 5.92 Å². The maximum absolute atomic E-state index is 12.6. The number of hydrogen-bond donors (Lipinski definition) is 2. The first-order chi connectivity index (χ1) is 13.9. The maximum atomic E-state index is 12.6. The van der Waals surface area contributed by atoms with Crippen LogP contribution in [0.5, 0.6) is 5.75 Å². The number of halogens is 4. The number of Topliss-reactive ketones (excluding diaryl/α,β-unsaturated/α-hetero) is 1. The smallest absolute Gasteiger partial charge is 0.496 e. The van der Waals surface area contributed by atoms with Gasteiger partial charge in [-0.3, -0.25) is 4.79 Å². The Hall–Kier alpha value is -1.56. The second-order valence-corrected chi connectivity index (χ2v) is 9.33. The molecule has 0 unspecified atom stereocenters. The first-order valence-electron chi connectivity index (χ1n) is 9.39. The van der Waals surface area contributed by atoms with Gasteiger partial charge in [-0.2, -0.15) is 13.2 Å². The summed E-state index contributed by atoms with van der Waals surface area (Å²) in [5.74, 6) is 0.572. The molecule has 0 radical (unpaired) electrons. The Morgan fingerprint density at radius 2 is 1.97 bits per heavy atom. The highest BCUT2D eigenvalue weighted by molar-refractivity contribution is 7.90. The van der Waals surface area contributed by atoms with E-state index in [9.17, 15) is 26.4 Å². The molecule has 0 atom stereocenters. The van der Waals surface area contributed by atoms with Crippen molar-refractivity contribution in [3.05, 3.63) is 22.7 Å². The molecule has 30 heavy (non-hydrogen) atoms. The number of ketones is 1. The van der Waals surface area contributed by atoms with E-state index in [0.717, 1.165) is 12.8 Å². The second-order valence-electron chi connectivity index (χ2n) is 7.16. The van der Waals surface area contributed by atoms with Crippen LogP contribution in [0.1, 0.15) is 36.0 Å². The molecule has 1 aliphatic heterocycles. The number of hydrogen-bond acceptors (Lipinski definition) is 6. The summed E-state index contributed by atoms with van der Waals surface area (Å²) in [7, 11) is -3.86. The van der Waals surface area contributed by atoms with Gasteiger partial charge in [0.05, 0.1) is 23.4 Å². The molecule has 0 bridgehead atoms. The normalized spacial score (nSPS) is 16.6. The summed E-state index contributed by atoms with van der Waals surface area (Å²) in [5.41, 5.74) is 1.14. The largest absolute Gasteiger partial charge is 0.511 e. The van der Waals surface area contributed by atoms with Gasteiger partial charge < -0.3 is 15.4 Å². The Morgan fingerprint density at radius 3 is 2.53 bits per heavy atom. The number of likely N-dealkylation sites (tertiary alicyclic amines) is 1. The van der Waals surface area contributed by atoms with Gasteiger partial charge in [0, 0.05) is 25.6 Å². The van der Waals surface area contributed by atoms with Crippen LogP contribution in [-0.4, -0.2) is 57.9 Å². The SMILES string of the molecule is COc1cc(N)c(Cl)cc1C(=O)CCC1CCN(CCNS(=O)(=O)C(F)(F)F)CC1. The molecule has 1 fully saturated rings. The predicted octanol–water partition coefficient (Wildman–Crippen LogP) is 3.04. The first kappa shape index (κ1) is 24.7. The molecule has 1 heterocycles. The van der Waals surface area contributed by atoms with E-state index in [0.29, 0.717) is 48.8 Å². The molecule has 3 N–H and O–H groups in total. The summed E-state index contributed by atoms with van der Waals surface area (Å²) >= 11 is 6.00. The van der Waals surface area contributed by atoms with Gasteiger partial charge in [-0.1, -0.05) is 11.6 Å². The number of anilines is 1. The van der Waals surface area contributed by atoms with Crippen molar-refractivity contribution in [2.75, 3.05) is 39.0 Å². The van der Waals surface area contributed by atoms with Crippen molar-refractivity contribution in [2.24, 2.45) is 5.92 Å². The minimum atomic E-state index is -5.31. The highest BCUT2D eigenvalue weighted by atomic mass is 35.5. The lowest BCUT2D eigenvalue weighted by atomic mass is 9.90. The monoisotopic (exact) mass is 471 g/mol. The first-order valence-corrected chi connectivity index (χ1v) is 11.2. The number of nitrogen functional groups attached to an aromatic ring is 1. The zero-order valence-corrected chi connectivity index (χ0v) is 18.0. The summed E-state index contributed by atoms with van der Waals surface area (Å²) in [6, 6.07) is 3.02. The van der Waals surface area contributed by atoms with Crippen molar-refractivity contribution < 1.29 is 31.1 Å². The topological polar surface area (TPSA) is 102 Å². The molecule has 170 valence electrons. The quantitative estimate of drug-likeness (QED) is 0.424. The molecular weight excluding hydrogens is 447 g/mol. The van der Waals surface area contributed by atoms with E-state index < -0.39 is 15.5 Å². The van der Waals surface area contributed by atoms with Crippen molar-refractivity contribution in [2.45, 2.75) is 31.2 Å². The summed E-state index contributed by atoms with van der Waals surface area (Å²) in [6.45, 7) is 1.15. The fraction of sp³-hybridized carbons (Fsp3) is 0.611. The third-order valence-corrected chi connectivity index (χ3v) is 6.65. The Kier molecular flexibility index (Phi) is 8.37. The minimum Gasteiger partial charge on any atom is -0.496 e. The Balaban J connectivity index is 1.77. The zero-order valence-electron chi connectivity index (χ0n) is 16.5. The lowest BCUT2D eigenvalue weighted by Gasteiger charge is -2.31. The molecule has 7 nitrogen and oxygen atoms in total. The summed E-state index contributed by atoms with van der Waals surface area (Å²) in [6.07, 6.45) is 2.53. The van der Waals surface area contributed by atoms with Gasteiger partial charge in [-0.05, 0) is 44.3 Å². The van der Waals surface area contributed by atoms with Crippen LogP contribution < -0.4 is 15.2 Å². The number of piperidine rings is 1. The van der Waals surface area contributed by atoms with Crippen LogP contribution in [0.15, 0.2) is 12.1 Å². The summed E-state index contributed by atoms with van der Waals surface area (Å²) in [4.78, 5) is 14.5. The predicted molar refractivity (Wildman–Crippen MR) is 108 cm³/mol. The van der Waals surface area contributed by atoms with Crippen molar-refractivity contribution >= 4 is 33.1 Å². The van der Waals surface area contributed by atoms with Crippen molar-refractivity contribution in [3.63, 3.8) is 0 Å². The number of carbonyl (C=O) groups excluding carboxylic acids is 1. The fourth-order valence-corrected chi connectivity index (χ4v) is 4.03. The number of methoxy groups -OCH3 is 1. The van der Waals surface area contributed by atoms with Gasteiger partial charge in [-0.25, -0.2) is 13.1 Å². The Bertz CT molecular complexity index is 857. The maximum Gasteiger partial charge on any atom is 0.511 e. The molecule has 12 heteroatoms. The van der Waals surface area contributed by atoms with Crippen LogP contribution in [0.2, 0.25) is 5.02 Å². The molecule has 1 aromatic carbocycles. The van der Waals surface area contributed by atoms with Crippen LogP contribution >= 0.6 is 11.6 Å². The van der Waals surface area contributed by atoms with Crippen LogP contribution in [0.25, 0.3) is 0 Å². The van der Waals surface area contributed by atoms with Gasteiger partial charge in [0.1, 0.15) is 5.75 Å². The number of alkyl halides is 3. The number of nitrogens with zero attached hydrogens (tertiary/aromatic N) is 1. The molecular formula is C18H25ClF3N3O4S. The number of nitrogens with one attached hydrogen (secondary N) is 1. The number of nitrogens with two attached hydrogens (primary N) is 1. The van der Waals surface area contributed by atoms with E-state index in [2.05, 4.69) is 0 Å². The Labute approximate surface area is 178 Å². The highest BCUT2D eigenvalue weighted by Crippen LogP contribution is 2.31. The molecule has 1 aromatic rings. The molecule has 0 spiro atoms. The number of sulfonamides is 1. The summed E-state index contributed by atoms with van der Waals surface area (Å²) in [5, 5.41) is 0.286. The molecule has 2 rings (SSSR count). The average Bonchev–Trinajstić information content (AvgIpc) is 2.67. The van der Waals surface area contributed by atoms with E-state index in [1.165, 1.54) is 19.2 Å². The van der Waals surface area contributed by atoms with E-state index in [1.54, 1.807) is 4.72 Å². The molecule has 0 aliphatic carbocycles. The number of carbonyl (C=O) groups is 1. The third kappa shape index (κ3) is 6.47. The van der Waals surface area contributed by atoms with E-state index >= 15 is 0 Å². The fourth-order valence-electron chi connectivity index (χ4n) is 3.34. The lowest BCUT2D eigenvalue weighted by molar-refractivity contribution is -0.0448. The number of ether oxygens (including phenoxy) is 1. The molecule has 1 aliphatic rings. The van der Waals surface area contributed by atoms with Crippen LogP contribution in [0.4, 0.5) is 18.9 Å². The molecule has 0 saturated carbocycles. The van der Waals surface area contributed by atoms with E-state index in [-0.39, 0.29) is 23.9 Å². The van der Waals surface area contributed by atoms with Crippen LogP contribution in [0.3, 0.4) is 0 Å². The Morgan fingerprint density at radius 1 is 1.33 bits per heavy atom. The average molecular weight is 472 g/mol. The van der Waals surface area contributed by atoms with Gasteiger partial charge in [0.15, 0.2) is 5.78 Å². The van der Waals surface area contributed by atoms with Crippen molar-refractivity contribution in [1.82, 2.24) is 9.62 Å². The number of benzene rings is 1. The van der Waals surface area contributed by atoms with E-state index in [1.807, 2.05) is 4.90 Å². The molecule has 0 amide bonds. The van der Waals surface area contributed by atoms with Gasteiger partial charge in [-0.15, -0.1) is 0 Å². The van der Waals surface area contributed by atoms with Gasteiger partial charge in [0.25, 0.3) is 0 Å². The number of rotatable bonds is 9. The van der Waals surface area contributed by atoms with Crippen LogP contribution in [-0.2, 0) is 10.0 Å². The van der Waals surface area contributed by atoms with Crippen molar-refractivity contribution in [1.29, 1.82) is 0 Å². The standard InChI is InChI=1S/C18H25ClF3N3O4S/c1-29-17-11-15(23)14(19)10-13(17)16(26)3-2-12-4-7-25(8-5-12)9-6-24-30(27,28)18(20,21)22/h10-12,24H,2-9,23H2,1H3.